The second kappa shape index (κ2) is 5.41. The van der Waals surface area contributed by atoms with Gasteiger partial charge in [-0.05, 0) is 38.6 Å². The maximum atomic E-state index is 3.43. The summed E-state index contributed by atoms with van der Waals surface area (Å²) >= 11 is 0. The molecule has 0 aromatic heterocycles. The molecule has 1 heterocycles. The highest BCUT2D eigenvalue weighted by atomic mass is 15.2. The molecule has 1 saturated heterocycles. The van der Waals surface area contributed by atoms with Crippen molar-refractivity contribution >= 4 is 11.4 Å². The highest BCUT2D eigenvalue weighted by Crippen LogP contribution is 2.24. The number of likely N-dealkylation sites (N-methyl/N-ethyl adjacent to an activating group) is 1. The summed E-state index contributed by atoms with van der Waals surface area (Å²) in [5.74, 6) is 0. The van der Waals surface area contributed by atoms with Crippen molar-refractivity contribution in [1.29, 1.82) is 0 Å². The van der Waals surface area contributed by atoms with E-state index in [9.17, 15) is 0 Å². The molecular formula is C14H23N3. The van der Waals surface area contributed by atoms with Gasteiger partial charge in [0.15, 0.2) is 0 Å². The Labute approximate surface area is 104 Å². The fourth-order valence-corrected chi connectivity index (χ4v) is 2.25. The zero-order valence-corrected chi connectivity index (χ0v) is 11.2. The normalized spacial score (nSPS) is 17.2. The molecule has 0 bridgehead atoms. The number of anilines is 2. The minimum Gasteiger partial charge on any atom is -0.385 e. The van der Waals surface area contributed by atoms with Crippen LogP contribution in [0.4, 0.5) is 11.4 Å². The first-order chi connectivity index (χ1) is 8.20. The molecule has 1 fully saturated rings. The van der Waals surface area contributed by atoms with Gasteiger partial charge in [0.05, 0.1) is 0 Å². The van der Waals surface area contributed by atoms with Crippen LogP contribution >= 0.6 is 0 Å². The molecule has 1 aliphatic heterocycles. The summed E-state index contributed by atoms with van der Waals surface area (Å²) in [5, 5.41) is 3.43. The topological polar surface area (TPSA) is 18.5 Å². The Bertz CT molecular complexity index is 368. The van der Waals surface area contributed by atoms with Crippen LogP contribution < -0.4 is 10.2 Å². The predicted octanol–water partition coefficient (Wildman–Crippen LogP) is 2.18. The molecule has 17 heavy (non-hydrogen) atoms. The van der Waals surface area contributed by atoms with Crippen molar-refractivity contribution in [1.82, 2.24) is 4.90 Å². The predicted molar refractivity (Wildman–Crippen MR) is 75.1 cm³/mol. The molecule has 0 aliphatic carbocycles. The highest BCUT2D eigenvalue weighted by molar-refractivity contribution is 5.62. The summed E-state index contributed by atoms with van der Waals surface area (Å²) in [6.07, 6.45) is 0. The van der Waals surface area contributed by atoms with Gasteiger partial charge in [-0.25, -0.2) is 0 Å². The van der Waals surface area contributed by atoms with Crippen molar-refractivity contribution in [2.45, 2.75) is 13.8 Å². The molecular weight excluding hydrogens is 210 g/mol. The Hall–Kier alpha value is -1.22. The molecule has 0 saturated carbocycles. The minimum atomic E-state index is 0.979. The Morgan fingerprint density at radius 3 is 2.53 bits per heavy atom. The Morgan fingerprint density at radius 2 is 1.88 bits per heavy atom. The summed E-state index contributed by atoms with van der Waals surface area (Å²) in [5.41, 5.74) is 3.94. The molecule has 1 aromatic rings. The quantitative estimate of drug-likeness (QED) is 0.863. The van der Waals surface area contributed by atoms with E-state index < -0.39 is 0 Å². The molecule has 1 aliphatic rings. The van der Waals surface area contributed by atoms with E-state index in [0.717, 1.165) is 32.7 Å². The van der Waals surface area contributed by atoms with E-state index in [2.05, 4.69) is 54.2 Å². The smallest absolute Gasteiger partial charge is 0.0390 e. The second-order valence-electron chi connectivity index (χ2n) is 4.82. The largest absolute Gasteiger partial charge is 0.385 e. The van der Waals surface area contributed by atoms with Crippen LogP contribution in [0.2, 0.25) is 0 Å². The van der Waals surface area contributed by atoms with Crippen LogP contribution in [0, 0.1) is 6.92 Å². The standard InChI is InChI=1S/C14H23N3/c1-4-15-14-11-13(6-5-12(14)2)17-9-7-16(3)8-10-17/h5-6,11,15H,4,7-10H2,1-3H3. The van der Waals surface area contributed by atoms with E-state index in [0.29, 0.717) is 0 Å². The molecule has 2 rings (SSSR count). The second-order valence-corrected chi connectivity index (χ2v) is 4.82. The van der Waals surface area contributed by atoms with Crippen LogP contribution in [-0.2, 0) is 0 Å². The van der Waals surface area contributed by atoms with Gasteiger partial charge in [-0.3, -0.25) is 0 Å². The lowest BCUT2D eigenvalue weighted by molar-refractivity contribution is 0.313. The summed E-state index contributed by atoms with van der Waals surface area (Å²) in [4.78, 5) is 4.86. The van der Waals surface area contributed by atoms with Gasteiger partial charge in [0.25, 0.3) is 0 Å². The summed E-state index contributed by atoms with van der Waals surface area (Å²) in [6, 6.07) is 6.73. The zero-order valence-electron chi connectivity index (χ0n) is 11.2. The molecule has 3 nitrogen and oxygen atoms in total. The molecule has 0 spiro atoms. The van der Waals surface area contributed by atoms with E-state index in [1.54, 1.807) is 0 Å². The Morgan fingerprint density at radius 1 is 1.18 bits per heavy atom. The van der Waals surface area contributed by atoms with Crippen molar-refractivity contribution < 1.29 is 0 Å². The van der Waals surface area contributed by atoms with Crippen LogP contribution in [0.25, 0.3) is 0 Å². The van der Waals surface area contributed by atoms with Gasteiger partial charge >= 0.3 is 0 Å². The number of nitrogens with zero attached hydrogens (tertiary/aromatic N) is 2. The highest BCUT2D eigenvalue weighted by Gasteiger charge is 2.14. The number of piperazine rings is 1. The fourth-order valence-electron chi connectivity index (χ4n) is 2.25. The number of hydrogen-bond acceptors (Lipinski definition) is 3. The third kappa shape index (κ3) is 2.91. The molecule has 1 aromatic carbocycles. The van der Waals surface area contributed by atoms with Gasteiger partial charge < -0.3 is 15.1 Å². The van der Waals surface area contributed by atoms with E-state index in [1.807, 2.05) is 0 Å². The molecule has 0 atom stereocenters. The van der Waals surface area contributed by atoms with E-state index in [1.165, 1.54) is 16.9 Å². The molecule has 94 valence electrons. The monoisotopic (exact) mass is 233 g/mol. The lowest BCUT2D eigenvalue weighted by Gasteiger charge is -2.34. The van der Waals surface area contributed by atoms with E-state index in [4.69, 9.17) is 0 Å². The molecule has 0 radical (unpaired) electrons. The molecule has 1 N–H and O–H groups in total. The maximum absolute atomic E-state index is 3.43. The number of aryl methyl sites for hydroxylation is 1. The van der Waals surface area contributed by atoms with Crippen LogP contribution in [0.5, 0.6) is 0 Å². The summed E-state index contributed by atoms with van der Waals surface area (Å²) < 4.78 is 0. The number of hydrogen-bond donors (Lipinski definition) is 1. The third-order valence-electron chi connectivity index (χ3n) is 3.46. The van der Waals surface area contributed by atoms with Crippen LogP contribution in [0.1, 0.15) is 12.5 Å². The van der Waals surface area contributed by atoms with Gasteiger partial charge in [0.2, 0.25) is 0 Å². The number of rotatable bonds is 3. The van der Waals surface area contributed by atoms with E-state index in [-0.39, 0.29) is 0 Å². The molecule has 3 heteroatoms. The Kier molecular flexibility index (Phi) is 3.89. The van der Waals surface area contributed by atoms with Crippen LogP contribution in [-0.4, -0.2) is 44.7 Å². The van der Waals surface area contributed by atoms with E-state index >= 15 is 0 Å². The minimum absolute atomic E-state index is 0.979. The van der Waals surface area contributed by atoms with Gasteiger partial charge in [0.1, 0.15) is 0 Å². The lowest BCUT2D eigenvalue weighted by Crippen LogP contribution is -2.44. The van der Waals surface area contributed by atoms with Crippen LogP contribution in [0.15, 0.2) is 18.2 Å². The number of nitrogens with one attached hydrogen (secondary N) is 1. The average Bonchev–Trinajstić information content (AvgIpc) is 2.33. The van der Waals surface area contributed by atoms with Gasteiger partial charge in [0, 0.05) is 44.1 Å². The fraction of sp³-hybridized carbons (Fsp3) is 0.571. The maximum Gasteiger partial charge on any atom is 0.0390 e. The van der Waals surface area contributed by atoms with Crippen LogP contribution in [0.3, 0.4) is 0 Å². The first kappa shape index (κ1) is 12.2. The van der Waals surface area contributed by atoms with Crippen molar-refractivity contribution in [3.8, 4) is 0 Å². The summed E-state index contributed by atoms with van der Waals surface area (Å²) in [7, 11) is 2.19. The zero-order chi connectivity index (χ0) is 12.3. The van der Waals surface area contributed by atoms with Gasteiger partial charge in [-0.1, -0.05) is 6.07 Å². The van der Waals surface area contributed by atoms with Crippen molar-refractivity contribution in [2.24, 2.45) is 0 Å². The van der Waals surface area contributed by atoms with Gasteiger partial charge in [-0.15, -0.1) is 0 Å². The average molecular weight is 233 g/mol. The first-order valence-electron chi connectivity index (χ1n) is 6.48. The number of benzene rings is 1. The van der Waals surface area contributed by atoms with Crippen molar-refractivity contribution in [3.63, 3.8) is 0 Å². The molecule has 0 unspecified atom stereocenters. The Balaban J connectivity index is 2.12. The van der Waals surface area contributed by atoms with Crippen molar-refractivity contribution in [2.75, 3.05) is 50.0 Å². The third-order valence-corrected chi connectivity index (χ3v) is 3.46. The lowest BCUT2D eigenvalue weighted by atomic mass is 10.1. The summed E-state index contributed by atoms with van der Waals surface area (Å²) in [6.45, 7) is 9.85. The first-order valence-corrected chi connectivity index (χ1v) is 6.48. The SMILES string of the molecule is CCNc1cc(N2CCN(C)CC2)ccc1C. The van der Waals surface area contributed by atoms with Crippen molar-refractivity contribution in [3.05, 3.63) is 23.8 Å². The molecule has 0 amide bonds. The van der Waals surface area contributed by atoms with Gasteiger partial charge in [-0.2, -0.15) is 0 Å².